The molecule has 0 atom stereocenters. The number of amides is 2. The first-order valence-electron chi connectivity index (χ1n) is 6.34. The van der Waals surface area contributed by atoms with Crippen LogP contribution in [0.15, 0.2) is 5.38 Å². The number of hydrogen-bond acceptors (Lipinski definition) is 5. The molecule has 0 bridgehead atoms. The molecule has 19 heavy (non-hydrogen) atoms. The zero-order valence-electron chi connectivity index (χ0n) is 10.9. The number of hydrazine groups is 1. The molecule has 1 saturated heterocycles. The fourth-order valence-electron chi connectivity index (χ4n) is 1.99. The molecule has 1 aliphatic rings. The Balaban J connectivity index is 1.66. The number of aryl methyl sites for hydroxylation is 1. The molecule has 0 unspecified atom stereocenters. The predicted molar refractivity (Wildman–Crippen MR) is 72.5 cm³/mol. The molecule has 1 aromatic heterocycles. The number of carbonyl (C=O) groups excluding carboxylic acids is 2. The van der Waals surface area contributed by atoms with Gasteiger partial charge in [-0.2, -0.15) is 0 Å². The molecule has 0 saturated carbocycles. The first-order valence-corrected chi connectivity index (χ1v) is 7.22. The van der Waals surface area contributed by atoms with Crippen molar-refractivity contribution < 1.29 is 9.59 Å². The van der Waals surface area contributed by atoms with Gasteiger partial charge in [0.1, 0.15) is 5.01 Å². The van der Waals surface area contributed by atoms with Gasteiger partial charge in [0.25, 0.3) is 5.91 Å². The summed E-state index contributed by atoms with van der Waals surface area (Å²) in [5.41, 5.74) is 5.76. The number of nitrogens with zero attached hydrogens (tertiary/aromatic N) is 2. The van der Waals surface area contributed by atoms with Gasteiger partial charge in [0.05, 0.1) is 13.0 Å². The van der Waals surface area contributed by atoms with Crippen molar-refractivity contribution in [2.24, 2.45) is 0 Å². The summed E-state index contributed by atoms with van der Waals surface area (Å²) in [5.74, 6) is -0.422. The van der Waals surface area contributed by atoms with Gasteiger partial charge in [0.15, 0.2) is 0 Å². The van der Waals surface area contributed by atoms with E-state index in [9.17, 15) is 9.59 Å². The van der Waals surface area contributed by atoms with Crippen molar-refractivity contribution in [1.82, 2.24) is 20.7 Å². The van der Waals surface area contributed by atoms with E-state index in [2.05, 4.69) is 20.7 Å². The quantitative estimate of drug-likeness (QED) is 0.776. The smallest absolute Gasteiger partial charge is 0.252 e. The largest absolute Gasteiger partial charge is 0.294 e. The molecule has 0 spiro atoms. The van der Waals surface area contributed by atoms with Gasteiger partial charge < -0.3 is 0 Å². The molecule has 1 aliphatic heterocycles. The van der Waals surface area contributed by atoms with Crippen molar-refractivity contribution in [3.63, 3.8) is 0 Å². The molecular formula is C12H18N4O2S. The lowest BCUT2D eigenvalue weighted by Gasteiger charge is -2.14. The van der Waals surface area contributed by atoms with Crippen molar-refractivity contribution in [3.05, 3.63) is 16.1 Å². The first-order chi connectivity index (χ1) is 9.13. The maximum atomic E-state index is 11.6. The molecule has 2 heterocycles. The molecular weight excluding hydrogens is 264 g/mol. The van der Waals surface area contributed by atoms with Crippen LogP contribution < -0.4 is 10.9 Å². The van der Waals surface area contributed by atoms with Gasteiger partial charge in [-0.25, -0.2) is 4.98 Å². The molecule has 0 aromatic carbocycles. The van der Waals surface area contributed by atoms with Crippen LogP contribution in [0.2, 0.25) is 0 Å². The second-order valence-electron chi connectivity index (χ2n) is 4.64. The highest BCUT2D eigenvalue weighted by Gasteiger charge is 2.15. The van der Waals surface area contributed by atoms with Crippen LogP contribution in [0.1, 0.15) is 23.5 Å². The van der Waals surface area contributed by atoms with E-state index in [1.54, 1.807) is 0 Å². The number of aromatic nitrogens is 1. The van der Waals surface area contributed by atoms with Crippen molar-refractivity contribution in [2.45, 2.75) is 26.2 Å². The van der Waals surface area contributed by atoms with Crippen molar-refractivity contribution in [3.8, 4) is 0 Å². The van der Waals surface area contributed by atoms with E-state index >= 15 is 0 Å². The molecule has 6 nitrogen and oxygen atoms in total. The minimum atomic E-state index is -0.246. The Morgan fingerprint density at radius 3 is 2.63 bits per heavy atom. The number of carbonyl (C=O) groups is 2. The Labute approximate surface area is 116 Å². The van der Waals surface area contributed by atoms with Gasteiger partial charge >= 0.3 is 0 Å². The Hall–Kier alpha value is -1.47. The fraction of sp³-hybridized carbons (Fsp3) is 0.583. The van der Waals surface area contributed by atoms with E-state index < -0.39 is 0 Å². The van der Waals surface area contributed by atoms with Gasteiger partial charge in [-0.05, 0) is 32.9 Å². The molecule has 2 rings (SSSR count). The lowest BCUT2D eigenvalue weighted by atomic mass is 10.4. The number of likely N-dealkylation sites (tertiary alicyclic amines) is 1. The summed E-state index contributed by atoms with van der Waals surface area (Å²) in [6.07, 6.45) is 2.48. The lowest BCUT2D eigenvalue weighted by molar-refractivity contribution is -0.129. The minimum Gasteiger partial charge on any atom is -0.294 e. The summed E-state index contributed by atoms with van der Waals surface area (Å²) in [7, 11) is 0. The summed E-state index contributed by atoms with van der Waals surface area (Å²) < 4.78 is 0. The monoisotopic (exact) mass is 282 g/mol. The summed E-state index contributed by atoms with van der Waals surface area (Å²) in [5, 5.41) is 2.65. The summed E-state index contributed by atoms with van der Waals surface area (Å²) in [4.78, 5) is 29.4. The topological polar surface area (TPSA) is 74.3 Å². The Kier molecular flexibility index (Phi) is 4.86. The Bertz CT molecular complexity index is 454. The van der Waals surface area contributed by atoms with Crippen molar-refractivity contribution in [2.75, 3.05) is 19.6 Å². The average molecular weight is 282 g/mol. The highest BCUT2D eigenvalue weighted by atomic mass is 32.1. The SMILES string of the molecule is Cc1csc(CC(=O)NNC(=O)CN2CCCC2)n1. The van der Waals surface area contributed by atoms with Crippen molar-refractivity contribution >= 4 is 23.2 Å². The van der Waals surface area contributed by atoms with Crippen LogP contribution in [0.5, 0.6) is 0 Å². The summed E-state index contributed by atoms with van der Waals surface area (Å²) in [6.45, 7) is 4.14. The van der Waals surface area contributed by atoms with Crippen molar-refractivity contribution in [1.29, 1.82) is 0 Å². The van der Waals surface area contributed by atoms with Gasteiger partial charge in [-0.1, -0.05) is 0 Å². The van der Waals surface area contributed by atoms with Crippen LogP contribution in [0.3, 0.4) is 0 Å². The van der Waals surface area contributed by atoms with Crippen LogP contribution in [-0.4, -0.2) is 41.3 Å². The van der Waals surface area contributed by atoms with E-state index in [1.165, 1.54) is 11.3 Å². The number of nitrogens with one attached hydrogen (secondary N) is 2. The first kappa shape index (κ1) is 14.0. The predicted octanol–water partition coefficient (Wildman–Crippen LogP) is 0.237. The van der Waals surface area contributed by atoms with Crippen LogP contribution in [0.4, 0.5) is 0 Å². The standard InChI is InChI=1S/C12H18N4O2S/c1-9-8-19-12(13-9)6-10(17)14-15-11(18)7-16-4-2-3-5-16/h8H,2-7H2,1H3,(H,14,17)(H,15,18). The zero-order valence-corrected chi connectivity index (χ0v) is 11.8. The maximum Gasteiger partial charge on any atom is 0.252 e. The average Bonchev–Trinajstić information content (AvgIpc) is 2.99. The van der Waals surface area contributed by atoms with Gasteiger partial charge in [-0.15, -0.1) is 11.3 Å². The van der Waals surface area contributed by atoms with E-state index in [4.69, 9.17) is 0 Å². The van der Waals surface area contributed by atoms with Gasteiger partial charge in [0, 0.05) is 11.1 Å². The maximum absolute atomic E-state index is 11.6. The number of thiazole rings is 1. The summed E-state index contributed by atoms with van der Waals surface area (Å²) >= 11 is 1.45. The number of rotatable bonds is 4. The molecule has 7 heteroatoms. The van der Waals surface area contributed by atoms with Gasteiger partial charge in [-0.3, -0.25) is 25.3 Å². The summed E-state index contributed by atoms with van der Waals surface area (Å²) in [6, 6.07) is 0. The molecule has 0 radical (unpaired) electrons. The Morgan fingerprint density at radius 2 is 2.00 bits per heavy atom. The van der Waals surface area contributed by atoms with E-state index in [1.807, 2.05) is 12.3 Å². The normalized spacial score (nSPS) is 15.4. The molecule has 1 fully saturated rings. The molecule has 104 valence electrons. The third kappa shape index (κ3) is 4.60. The van der Waals surface area contributed by atoms with E-state index in [0.29, 0.717) is 6.54 Å². The van der Waals surface area contributed by atoms with Crippen LogP contribution in [-0.2, 0) is 16.0 Å². The van der Waals surface area contributed by atoms with Gasteiger partial charge in [0.2, 0.25) is 5.91 Å². The molecule has 1 aromatic rings. The molecule has 2 N–H and O–H groups in total. The fourth-order valence-corrected chi connectivity index (χ4v) is 2.76. The zero-order chi connectivity index (χ0) is 13.7. The van der Waals surface area contributed by atoms with E-state index in [0.717, 1.165) is 36.6 Å². The minimum absolute atomic E-state index is 0.175. The van der Waals surface area contributed by atoms with Crippen LogP contribution in [0, 0.1) is 6.92 Å². The third-order valence-corrected chi connectivity index (χ3v) is 3.85. The highest BCUT2D eigenvalue weighted by molar-refractivity contribution is 7.09. The molecule has 0 aliphatic carbocycles. The lowest BCUT2D eigenvalue weighted by Crippen LogP contribution is -2.46. The third-order valence-electron chi connectivity index (χ3n) is 2.89. The van der Waals surface area contributed by atoms with Crippen LogP contribution in [0.25, 0.3) is 0 Å². The highest BCUT2D eigenvalue weighted by Crippen LogP contribution is 2.08. The second-order valence-corrected chi connectivity index (χ2v) is 5.58. The van der Waals surface area contributed by atoms with Crippen LogP contribution >= 0.6 is 11.3 Å². The second kappa shape index (κ2) is 6.63. The number of hydrogen-bond donors (Lipinski definition) is 2. The Morgan fingerprint density at radius 1 is 1.32 bits per heavy atom. The molecule has 2 amide bonds. The van der Waals surface area contributed by atoms with E-state index in [-0.39, 0.29) is 18.2 Å².